The Kier molecular flexibility index (Phi) is 12.4. The van der Waals surface area contributed by atoms with Crippen molar-refractivity contribution >= 4 is 17.2 Å². The first-order chi connectivity index (χ1) is 20.2. The van der Waals surface area contributed by atoms with E-state index in [1.165, 1.54) is 11.1 Å². The number of rotatable bonds is 4. The van der Waals surface area contributed by atoms with Crippen molar-refractivity contribution < 1.29 is 27.1 Å². The minimum absolute atomic E-state index is 0.0980. The zero-order valence-electron chi connectivity index (χ0n) is 29.9. The summed E-state index contributed by atoms with van der Waals surface area (Å²) in [5.41, 5.74) is 6.72. The van der Waals surface area contributed by atoms with E-state index < -0.39 is 17.2 Å². The molecule has 0 aliphatic carbocycles. The Labute approximate surface area is 270 Å². The highest BCUT2D eigenvalue weighted by atomic mass is 31.2. The monoisotopic (exact) mass is 648 g/mol. The van der Waals surface area contributed by atoms with Crippen molar-refractivity contribution in [1.82, 2.24) is 0 Å². The summed E-state index contributed by atoms with van der Waals surface area (Å²) < 4.78 is 38.3. The molecule has 0 radical (unpaired) electrons. The summed E-state index contributed by atoms with van der Waals surface area (Å²) in [6, 6.07) is 8.91. The lowest BCUT2D eigenvalue weighted by Crippen LogP contribution is -2.20. The number of aryl methyl sites for hydroxylation is 2. The summed E-state index contributed by atoms with van der Waals surface area (Å²) in [5.74, 6) is 1.75. The summed E-state index contributed by atoms with van der Waals surface area (Å²) in [5, 5.41) is 0. The van der Waals surface area contributed by atoms with Crippen LogP contribution in [0.2, 0.25) is 0 Å². The molecular formula is C36H58O6P2. The number of benzene rings is 2. The molecule has 0 atom stereocenters. The van der Waals surface area contributed by atoms with Gasteiger partial charge in [-0.2, -0.15) is 0 Å². The topological polar surface area (TPSA) is 55.4 Å². The quantitative estimate of drug-likeness (QED) is 0.308. The summed E-state index contributed by atoms with van der Waals surface area (Å²) in [4.78, 5) is 0. The third kappa shape index (κ3) is 10.4. The summed E-state index contributed by atoms with van der Waals surface area (Å²) in [7, 11) is -3.21. The third-order valence-corrected chi connectivity index (χ3v) is 9.63. The van der Waals surface area contributed by atoms with Crippen LogP contribution in [-0.2, 0) is 39.8 Å². The maximum Gasteiger partial charge on any atom is 0.397 e. The molecule has 1 saturated heterocycles. The van der Waals surface area contributed by atoms with Crippen molar-refractivity contribution in [2.24, 2.45) is 0 Å². The Morgan fingerprint density at radius 1 is 0.455 bits per heavy atom. The molecule has 0 aromatic heterocycles. The maximum atomic E-state index is 6.65. The summed E-state index contributed by atoms with van der Waals surface area (Å²) in [6.45, 7) is 32.7. The fraction of sp³-hybridized carbons (Fsp3) is 0.667. The molecule has 0 amide bonds. The van der Waals surface area contributed by atoms with Crippen molar-refractivity contribution in [3.05, 3.63) is 57.6 Å². The minimum Gasteiger partial charge on any atom is -0.426 e. The van der Waals surface area contributed by atoms with Crippen molar-refractivity contribution in [1.29, 1.82) is 0 Å². The molecule has 0 spiro atoms. The van der Waals surface area contributed by atoms with E-state index >= 15 is 0 Å². The molecule has 0 unspecified atom stereocenters. The van der Waals surface area contributed by atoms with Gasteiger partial charge in [-0.15, -0.1) is 0 Å². The lowest BCUT2D eigenvalue weighted by atomic mass is 9.78. The van der Waals surface area contributed by atoms with E-state index in [4.69, 9.17) is 27.1 Å². The zero-order chi connectivity index (χ0) is 33.1. The van der Waals surface area contributed by atoms with Gasteiger partial charge >= 0.3 is 17.2 Å². The largest absolute Gasteiger partial charge is 0.426 e. The van der Waals surface area contributed by atoms with E-state index in [-0.39, 0.29) is 21.7 Å². The first-order valence-corrected chi connectivity index (χ1v) is 18.2. The van der Waals surface area contributed by atoms with Gasteiger partial charge in [0.15, 0.2) is 0 Å². The van der Waals surface area contributed by atoms with Crippen molar-refractivity contribution in [3.8, 4) is 11.5 Å². The van der Waals surface area contributed by atoms with E-state index in [1.54, 1.807) is 0 Å². The molecule has 2 aromatic carbocycles. The fourth-order valence-corrected chi connectivity index (χ4v) is 7.14. The molecule has 1 fully saturated rings. The first kappa shape index (κ1) is 37.2. The van der Waals surface area contributed by atoms with Gasteiger partial charge < -0.3 is 27.1 Å². The molecule has 6 nitrogen and oxygen atoms in total. The van der Waals surface area contributed by atoms with Gasteiger partial charge in [0.2, 0.25) is 0 Å². The van der Waals surface area contributed by atoms with Gasteiger partial charge in [0.1, 0.15) is 11.5 Å². The van der Waals surface area contributed by atoms with Gasteiger partial charge in [0.25, 0.3) is 0 Å². The number of hydrogen-bond acceptors (Lipinski definition) is 6. The van der Waals surface area contributed by atoms with Gasteiger partial charge in [-0.25, -0.2) is 0 Å². The van der Waals surface area contributed by atoms with Crippen LogP contribution >= 0.6 is 17.2 Å². The van der Waals surface area contributed by atoms with Crippen molar-refractivity contribution in [2.45, 2.75) is 131 Å². The van der Waals surface area contributed by atoms with Crippen LogP contribution in [0.3, 0.4) is 0 Å². The molecule has 8 heteroatoms. The van der Waals surface area contributed by atoms with Crippen LogP contribution in [0.4, 0.5) is 0 Å². The minimum atomic E-state index is -1.60. The fourth-order valence-electron chi connectivity index (χ4n) is 4.97. The average molecular weight is 649 g/mol. The van der Waals surface area contributed by atoms with Gasteiger partial charge in [0, 0.05) is 22.3 Å². The Hall–Kier alpha value is -1.26. The van der Waals surface area contributed by atoms with E-state index in [0.29, 0.717) is 39.3 Å². The lowest BCUT2D eigenvalue weighted by molar-refractivity contribution is 0.147. The highest BCUT2D eigenvalue weighted by Crippen LogP contribution is 2.51. The van der Waals surface area contributed by atoms with E-state index in [1.807, 2.05) is 0 Å². The second-order valence-corrected chi connectivity index (χ2v) is 18.3. The van der Waals surface area contributed by atoms with Gasteiger partial charge in [-0.3, -0.25) is 0 Å². The lowest BCUT2D eigenvalue weighted by Gasteiger charge is -2.32. The highest BCUT2D eigenvalue weighted by Gasteiger charge is 2.32. The Morgan fingerprint density at radius 3 is 0.886 bits per heavy atom. The molecule has 1 aliphatic rings. The molecule has 3 rings (SSSR count). The first-order valence-electron chi connectivity index (χ1n) is 16.0. The molecule has 0 N–H and O–H groups in total. The van der Waals surface area contributed by atoms with E-state index in [9.17, 15) is 0 Å². The molecule has 0 saturated carbocycles. The highest BCUT2D eigenvalue weighted by molar-refractivity contribution is 7.42. The second kappa shape index (κ2) is 14.7. The Bertz CT molecular complexity index is 1070. The standard InChI is InChI=1S/C36H58O6P2/c1-25-21-27(33(3,4)5)31(28(22-25)34(6,7)8)41-43-37-17-15-19-39-44(40-20-16-18-38-43)42-32-29(35(9,10)11)23-26(2)24-30(32)36(12,13)14/h21-24H,15-20H2,1-14H3. The molecule has 1 heterocycles. The van der Waals surface area contributed by atoms with Crippen LogP contribution in [0.5, 0.6) is 11.5 Å². The van der Waals surface area contributed by atoms with E-state index in [2.05, 4.69) is 121 Å². The van der Waals surface area contributed by atoms with Crippen LogP contribution in [0, 0.1) is 13.8 Å². The Morgan fingerprint density at radius 2 is 0.682 bits per heavy atom. The van der Waals surface area contributed by atoms with Crippen LogP contribution in [-0.4, -0.2) is 26.4 Å². The van der Waals surface area contributed by atoms with Gasteiger partial charge in [-0.05, 0) is 48.3 Å². The van der Waals surface area contributed by atoms with Crippen molar-refractivity contribution in [2.75, 3.05) is 26.4 Å². The smallest absolute Gasteiger partial charge is 0.397 e. The van der Waals surface area contributed by atoms with Crippen LogP contribution < -0.4 is 9.05 Å². The zero-order valence-corrected chi connectivity index (χ0v) is 31.7. The summed E-state index contributed by atoms with van der Waals surface area (Å²) >= 11 is 0. The predicted molar refractivity (Wildman–Crippen MR) is 185 cm³/mol. The van der Waals surface area contributed by atoms with Gasteiger partial charge in [-0.1, -0.05) is 118 Å². The molecule has 44 heavy (non-hydrogen) atoms. The molecule has 2 aromatic rings. The maximum absolute atomic E-state index is 6.65. The van der Waals surface area contributed by atoms with E-state index in [0.717, 1.165) is 33.8 Å². The van der Waals surface area contributed by atoms with Crippen LogP contribution in [0.1, 0.15) is 129 Å². The van der Waals surface area contributed by atoms with Crippen LogP contribution in [0.15, 0.2) is 24.3 Å². The Balaban J connectivity index is 1.78. The molecule has 248 valence electrons. The SMILES string of the molecule is Cc1cc(C(C)(C)C)c(OP2OCCCOP(Oc3c(C(C)(C)C)cc(C)cc3C(C)(C)C)OCCCO2)c(C(C)(C)C)c1. The molecule has 0 bridgehead atoms. The molecular weight excluding hydrogens is 590 g/mol. The number of hydrogen-bond donors (Lipinski definition) is 0. The molecule has 1 aliphatic heterocycles. The van der Waals surface area contributed by atoms with Gasteiger partial charge in [0.05, 0.1) is 26.4 Å². The second-order valence-electron chi connectivity index (χ2n) is 16.0. The third-order valence-electron chi connectivity index (χ3n) is 7.39. The van der Waals surface area contributed by atoms with Crippen molar-refractivity contribution in [3.63, 3.8) is 0 Å². The predicted octanol–water partition coefficient (Wildman–Crippen LogP) is 11.3. The average Bonchev–Trinajstić information content (AvgIpc) is 2.85. The summed E-state index contributed by atoms with van der Waals surface area (Å²) in [6.07, 6.45) is 1.32. The van der Waals surface area contributed by atoms with Crippen LogP contribution in [0.25, 0.3) is 0 Å². The normalized spacial score (nSPS) is 20.0.